The van der Waals surface area contributed by atoms with Crippen LogP contribution in [-0.2, 0) is 9.53 Å². The predicted octanol–water partition coefficient (Wildman–Crippen LogP) is 2.80. The third kappa shape index (κ3) is 5.69. The van der Waals surface area contributed by atoms with Gasteiger partial charge in [0.1, 0.15) is 0 Å². The van der Waals surface area contributed by atoms with Crippen LogP contribution in [0.25, 0.3) is 0 Å². The molecule has 1 aliphatic rings. The number of rotatable bonds is 7. The largest absolute Gasteiger partial charge is 0.462 e. The van der Waals surface area contributed by atoms with Crippen LogP contribution in [0, 0.1) is 0 Å². The molecule has 7 heteroatoms. The van der Waals surface area contributed by atoms with E-state index in [2.05, 4.69) is 16.0 Å². The van der Waals surface area contributed by atoms with Gasteiger partial charge in [-0.3, -0.25) is 4.79 Å². The molecule has 24 heavy (non-hydrogen) atoms. The summed E-state index contributed by atoms with van der Waals surface area (Å²) >= 11 is 0. The molecule has 1 fully saturated rings. The zero-order valence-electron chi connectivity index (χ0n) is 14.2. The van der Waals surface area contributed by atoms with E-state index in [0.29, 0.717) is 24.3 Å². The average Bonchev–Trinajstić information content (AvgIpc) is 3.02. The predicted molar refractivity (Wildman–Crippen MR) is 98.1 cm³/mol. The van der Waals surface area contributed by atoms with Gasteiger partial charge in [0.15, 0.2) is 0 Å². The Hall–Kier alpha value is -1.79. The lowest BCUT2D eigenvalue weighted by Gasteiger charge is -2.15. The molecule has 0 radical (unpaired) electrons. The van der Waals surface area contributed by atoms with Crippen LogP contribution in [-0.4, -0.2) is 37.6 Å². The summed E-state index contributed by atoms with van der Waals surface area (Å²) in [4.78, 5) is 24.1. The highest BCUT2D eigenvalue weighted by Gasteiger charge is 2.19. The van der Waals surface area contributed by atoms with E-state index in [0.717, 1.165) is 31.6 Å². The Bertz CT molecular complexity index is 560. The lowest BCUT2D eigenvalue weighted by atomic mass is 10.1. The number of anilines is 2. The summed E-state index contributed by atoms with van der Waals surface area (Å²) < 4.78 is 5.01. The second-order valence-corrected chi connectivity index (χ2v) is 5.56. The first-order chi connectivity index (χ1) is 11.1. The highest BCUT2D eigenvalue weighted by Crippen LogP contribution is 2.24. The van der Waals surface area contributed by atoms with Gasteiger partial charge in [-0.05, 0) is 51.4 Å². The molecular formula is C17H26ClN3O3. The number of amides is 1. The van der Waals surface area contributed by atoms with E-state index >= 15 is 0 Å². The van der Waals surface area contributed by atoms with Crippen LogP contribution in [0.4, 0.5) is 11.4 Å². The minimum Gasteiger partial charge on any atom is -0.462 e. The van der Waals surface area contributed by atoms with Gasteiger partial charge in [0.05, 0.1) is 23.5 Å². The molecule has 0 bridgehead atoms. The zero-order chi connectivity index (χ0) is 16.7. The number of benzene rings is 1. The Labute approximate surface area is 149 Å². The molecule has 1 heterocycles. The van der Waals surface area contributed by atoms with Gasteiger partial charge < -0.3 is 20.7 Å². The summed E-state index contributed by atoms with van der Waals surface area (Å²) in [6.07, 6.45) is 2.57. The van der Waals surface area contributed by atoms with Gasteiger partial charge in [0, 0.05) is 19.0 Å². The molecule has 1 aliphatic heterocycles. The van der Waals surface area contributed by atoms with E-state index in [-0.39, 0.29) is 30.3 Å². The van der Waals surface area contributed by atoms with Crippen LogP contribution in [0.15, 0.2) is 18.2 Å². The molecule has 0 saturated carbocycles. The van der Waals surface area contributed by atoms with Gasteiger partial charge in [-0.1, -0.05) is 0 Å². The van der Waals surface area contributed by atoms with Crippen molar-refractivity contribution < 1.29 is 14.3 Å². The van der Waals surface area contributed by atoms with Crippen molar-refractivity contribution >= 4 is 35.7 Å². The molecule has 6 nitrogen and oxygen atoms in total. The molecule has 1 aromatic rings. The van der Waals surface area contributed by atoms with E-state index in [9.17, 15) is 9.59 Å². The number of esters is 1. The third-order valence-electron chi connectivity index (χ3n) is 3.77. The first kappa shape index (κ1) is 20.3. The Kier molecular flexibility index (Phi) is 8.57. The molecule has 1 atom stereocenters. The molecule has 0 aliphatic carbocycles. The second kappa shape index (κ2) is 10.2. The van der Waals surface area contributed by atoms with Gasteiger partial charge in [-0.25, -0.2) is 4.79 Å². The first-order valence-corrected chi connectivity index (χ1v) is 8.22. The average molecular weight is 356 g/mol. The lowest BCUT2D eigenvalue weighted by Crippen LogP contribution is -2.27. The topological polar surface area (TPSA) is 79.5 Å². The van der Waals surface area contributed by atoms with Crippen LogP contribution < -0.4 is 16.0 Å². The first-order valence-electron chi connectivity index (χ1n) is 8.22. The van der Waals surface area contributed by atoms with Crippen molar-refractivity contribution in [3.05, 3.63) is 23.8 Å². The third-order valence-corrected chi connectivity index (χ3v) is 3.77. The molecule has 3 N–H and O–H groups in total. The monoisotopic (exact) mass is 355 g/mol. The molecule has 1 unspecified atom stereocenters. The van der Waals surface area contributed by atoms with Crippen molar-refractivity contribution in [3.63, 3.8) is 0 Å². The molecule has 2 rings (SSSR count). The fourth-order valence-electron chi connectivity index (χ4n) is 2.69. The summed E-state index contributed by atoms with van der Waals surface area (Å²) in [5.74, 6) is -0.437. The van der Waals surface area contributed by atoms with Crippen LogP contribution >= 0.6 is 12.4 Å². The van der Waals surface area contributed by atoms with E-state index in [1.165, 1.54) is 0 Å². The Morgan fingerprint density at radius 1 is 1.29 bits per heavy atom. The van der Waals surface area contributed by atoms with Gasteiger partial charge in [-0.2, -0.15) is 0 Å². The van der Waals surface area contributed by atoms with Gasteiger partial charge in [0.25, 0.3) is 0 Å². The maximum Gasteiger partial charge on any atom is 0.338 e. The fraction of sp³-hybridized carbons (Fsp3) is 0.529. The number of nitrogens with one attached hydrogen (secondary N) is 3. The van der Waals surface area contributed by atoms with Crippen LogP contribution in [0.2, 0.25) is 0 Å². The van der Waals surface area contributed by atoms with Crippen molar-refractivity contribution in [2.24, 2.45) is 0 Å². The van der Waals surface area contributed by atoms with Gasteiger partial charge in [-0.15, -0.1) is 12.4 Å². The summed E-state index contributed by atoms with van der Waals surface area (Å²) in [7, 11) is 0. The number of carbonyl (C=O) groups is 2. The van der Waals surface area contributed by atoms with Crippen molar-refractivity contribution in [2.75, 3.05) is 30.3 Å². The molecule has 1 aromatic carbocycles. The maximum absolute atomic E-state index is 12.2. The van der Waals surface area contributed by atoms with Crippen molar-refractivity contribution in [2.45, 2.75) is 39.2 Å². The quantitative estimate of drug-likeness (QED) is 0.655. The van der Waals surface area contributed by atoms with Gasteiger partial charge >= 0.3 is 5.97 Å². The van der Waals surface area contributed by atoms with Crippen LogP contribution in [0.1, 0.15) is 43.5 Å². The number of ether oxygens (including phenoxy) is 1. The van der Waals surface area contributed by atoms with Crippen LogP contribution in [0.5, 0.6) is 0 Å². The van der Waals surface area contributed by atoms with E-state index in [1.807, 2.05) is 6.92 Å². The molecule has 1 amide bonds. The van der Waals surface area contributed by atoms with Crippen molar-refractivity contribution in [3.8, 4) is 0 Å². The highest BCUT2D eigenvalue weighted by molar-refractivity contribution is 5.98. The fourth-order valence-corrected chi connectivity index (χ4v) is 2.69. The second-order valence-electron chi connectivity index (χ2n) is 5.56. The molecular weight excluding hydrogens is 330 g/mol. The van der Waals surface area contributed by atoms with Gasteiger partial charge in [0.2, 0.25) is 5.91 Å². The Balaban J connectivity index is 0.00000288. The minimum absolute atomic E-state index is 0. The summed E-state index contributed by atoms with van der Waals surface area (Å²) in [6.45, 7) is 5.77. The highest BCUT2D eigenvalue weighted by atomic mass is 35.5. The SMILES string of the molecule is CCNc1ccc(C(=O)OCC)cc1NC(=O)CC1CCCN1.Cl. The van der Waals surface area contributed by atoms with E-state index in [4.69, 9.17) is 4.74 Å². The standard InChI is InChI=1S/C17H25N3O3.ClH/c1-3-18-14-8-7-12(17(22)23-4-2)10-15(14)20-16(21)11-13-6-5-9-19-13;/h7-8,10,13,18-19H,3-6,9,11H2,1-2H3,(H,20,21);1H. The van der Waals surface area contributed by atoms with E-state index < -0.39 is 0 Å². The Morgan fingerprint density at radius 2 is 2.08 bits per heavy atom. The molecule has 134 valence electrons. The molecule has 0 spiro atoms. The van der Waals surface area contributed by atoms with Crippen molar-refractivity contribution in [1.29, 1.82) is 0 Å². The van der Waals surface area contributed by atoms with Crippen LogP contribution in [0.3, 0.4) is 0 Å². The normalized spacial score (nSPS) is 16.2. The number of hydrogen-bond donors (Lipinski definition) is 3. The number of carbonyl (C=O) groups excluding carboxylic acids is 2. The summed E-state index contributed by atoms with van der Waals surface area (Å²) in [5, 5.41) is 9.41. The number of halogens is 1. The molecule has 0 aromatic heterocycles. The van der Waals surface area contributed by atoms with Crippen molar-refractivity contribution in [1.82, 2.24) is 5.32 Å². The van der Waals surface area contributed by atoms with E-state index in [1.54, 1.807) is 25.1 Å². The Morgan fingerprint density at radius 3 is 2.71 bits per heavy atom. The summed E-state index contributed by atoms with van der Waals surface area (Å²) in [6, 6.07) is 5.39. The zero-order valence-corrected chi connectivity index (χ0v) is 15.0. The maximum atomic E-state index is 12.2. The molecule has 1 saturated heterocycles. The lowest BCUT2D eigenvalue weighted by molar-refractivity contribution is -0.116. The summed E-state index contributed by atoms with van der Waals surface area (Å²) in [5.41, 5.74) is 1.84. The number of hydrogen-bond acceptors (Lipinski definition) is 5. The minimum atomic E-state index is -0.386. The smallest absolute Gasteiger partial charge is 0.338 e.